The summed E-state index contributed by atoms with van der Waals surface area (Å²) in [7, 11) is 0. The Morgan fingerprint density at radius 2 is 1.90 bits per heavy atom. The van der Waals surface area contributed by atoms with Gasteiger partial charge in [-0.05, 0) is 24.6 Å². The number of urea groups is 1. The molecule has 4 rings (SSSR count). The van der Waals surface area contributed by atoms with E-state index in [1.165, 1.54) is 12.1 Å². The summed E-state index contributed by atoms with van der Waals surface area (Å²) in [6.45, 7) is 1.89. The number of pyridine rings is 2. The minimum atomic E-state index is -2.76. The quantitative estimate of drug-likeness (QED) is 0.454. The summed E-state index contributed by atoms with van der Waals surface area (Å²) >= 11 is 0. The largest absolute Gasteiger partial charge is 0.325 e. The van der Waals surface area contributed by atoms with Gasteiger partial charge in [0.25, 0.3) is 6.43 Å². The molecule has 0 bridgehead atoms. The Morgan fingerprint density at radius 1 is 1.10 bits per heavy atom. The number of nitrogens with zero attached hydrogens (tertiary/aromatic N) is 3. The number of aromatic nitrogens is 4. The Morgan fingerprint density at radius 3 is 2.63 bits per heavy atom. The highest BCUT2D eigenvalue weighted by Crippen LogP contribution is 2.27. The van der Waals surface area contributed by atoms with E-state index in [1.54, 1.807) is 36.7 Å². The van der Waals surface area contributed by atoms with Gasteiger partial charge < -0.3 is 5.32 Å². The van der Waals surface area contributed by atoms with Crippen molar-refractivity contribution < 1.29 is 13.6 Å². The molecule has 3 aromatic heterocycles. The van der Waals surface area contributed by atoms with Crippen LogP contribution in [0.25, 0.3) is 22.2 Å². The lowest BCUT2D eigenvalue weighted by atomic mass is 10.1. The molecule has 0 saturated heterocycles. The maximum Gasteiger partial charge on any atom is 0.321 e. The zero-order valence-electron chi connectivity index (χ0n) is 15.9. The summed E-state index contributed by atoms with van der Waals surface area (Å²) in [5, 5.41) is 12.8. The molecule has 2 amide bonds. The van der Waals surface area contributed by atoms with Crippen LogP contribution in [0.5, 0.6) is 0 Å². The van der Waals surface area contributed by atoms with Gasteiger partial charge in [-0.25, -0.2) is 18.6 Å². The molecule has 3 N–H and O–H groups in total. The Labute approximate surface area is 170 Å². The summed E-state index contributed by atoms with van der Waals surface area (Å²) in [5.41, 5.74) is 3.42. The SMILES string of the molecule is Cc1cc(-c2n[nH]c3cc(NC(=O)NC(c4ccccc4)C(F)F)ncc23)ccn1. The van der Waals surface area contributed by atoms with Crippen molar-refractivity contribution in [3.63, 3.8) is 0 Å². The summed E-state index contributed by atoms with van der Waals surface area (Å²) in [5.74, 6) is 0.210. The van der Waals surface area contributed by atoms with Crippen molar-refractivity contribution in [2.24, 2.45) is 0 Å². The van der Waals surface area contributed by atoms with Crippen LogP contribution < -0.4 is 10.6 Å². The highest BCUT2D eigenvalue weighted by atomic mass is 19.3. The number of nitrogens with one attached hydrogen (secondary N) is 3. The van der Waals surface area contributed by atoms with Crippen LogP contribution in [0.3, 0.4) is 0 Å². The van der Waals surface area contributed by atoms with Gasteiger partial charge in [-0.2, -0.15) is 5.10 Å². The second-order valence-corrected chi connectivity index (χ2v) is 6.69. The number of fused-ring (bicyclic) bond motifs is 1. The molecule has 30 heavy (non-hydrogen) atoms. The molecule has 0 spiro atoms. The van der Waals surface area contributed by atoms with Crippen molar-refractivity contribution in [1.82, 2.24) is 25.5 Å². The lowest BCUT2D eigenvalue weighted by Crippen LogP contribution is -2.36. The highest BCUT2D eigenvalue weighted by Gasteiger charge is 2.24. The van der Waals surface area contributed by atoms with E-state index in [9.17, 15) is 13.6 Å². The second kappa shape index (κ2) is 8.24. The predicted octanol–water partition coefficient (Wildman–Crippen LogP) is 4.46. The number of carbonyl (C=O) groups is 1. The summed E-state index contributed by atoms with van der Waals surface area (Å²) in [4.78, 5) is 20.7. The van der Waals surface area contributed by atoms with Gasteiger partial charge in [0.1, 0.15) is 17.6 Å². The number of benzene rings is 1. The van der Waals surface area contributed by atoms with Gasteiger partial charge in [0.05, 0.1) is 5.52 Å². The van der Waals surface area contributed by atoms with Crippen molar-refractivity contribution >= 4 is 22.8 Å². The lowest BCUT2D eigenvalue weighted by Gasteiger charge is -2.18. The first-order valence-corrected chi connectivity index (χ1v) is 9.19. The Bertz CT molecular complexity index is 1180. The zero-order chi connectivity index (χ0) is 21.1. The minimum absolute atomic E-state index is 0.210. The maximum atomic E-state index is 13.4. The smallest absolute Gasteiger partial charge is 0.321 e. The van der Waals surface area contributed by atoms with Crippen LogP contribution >= 0.6 is 0 Å². The van der Waals surface area contributed by atoms with Gasteiger partial charge in [-0.1, -0.05) is 30.3 Å². The number of aryl methyl sites for hydroxylation is 1. The number of alkyl halides is 2. The molecular formula is C21H18F2N6O. The van der Waals surface area contributed by atoms with Gasteiger partial charge >= 0.3 is 6.03 Å². The molecule has 0 radical (unpaired) electrons. The molecule has 1 atom stereocenters. The topological polar surface area (TPSA) is 95.6 Å². The standard InChI is InChI=1S/C21H18F2N6O/c1-12-9-14(7-8-24-12)18-15-11-25-17(10-16(15)28-29-18)26-21(30)27-19(20(22)23)13-5-3-2-4-6-13/h2-11,19-20H,1H3,(H,28,29)(H2,25,26,27,30). The number of hydrogen-bond donors (Lipinski definition) is 3. The fraction of sp³-hybridized carbons (Fsp3) is 0.143. The number of hydrogen-bond acceptors (Lipinski definition) is 4. The molecule has 3 heterocycles. The Hall–Kier alpha value is -3.88. The van der Waals surface area contributed by atoms with E-state index in [0.29, 0.717) is 16.8 Å². The van der Waals surface area contributed by atoms with Crippen LogP contribution in [0.15, 0.2) is 60.9 Å². The molecule has 0 aliphatic rings. The Balaban J connectivity index is 1.52. The van der Waals surface area contributed by atoms with E-state index in [-0.39, 0.29) is 5.82 Å². The second-order valence-electron chi connectivity index (χ2n) is 6.69. The van der Waals surface area contributed by atoms with Crippen LogP contribution in [-0.2, 0) is 0 Å². The number of aromatic amines is 1. The van der Waals surface area contributed by atoms with Crippen molar-refractivity contribution in [3.05, 3.63) is 72.2 Å². The molecule has 152 valence electrons. The molecule has 0 aliphatic heterocycles. The lowest BCUT2D eigenvalue weighted by molar-refractivity contribution is 0.103. The summed E-state index contributed by atoms with van der Waals surface area (Å²) < 4.78 is 26.8. The molecule has 0 aliphatic carbocycles. The summed E-state index contributed by atoms with van der Waals surface area (Å²) in [6, 6.07) is 11.2. The molecule has 9 heteroatoms. The van der Waals surface area contributed by atoms with Gasteiger partial charge in [-0.15, -0.1) is 0 Å². The third-order valence-electron chi connectivity index (χ3n) is 4.56. The number of rotatable bonds is 5. The van der Waals surface area contributed by atoms with Crippen LogP contribution in [0, 0.1) is 6.92 Å². The third-order valence-corrected chi connectivity index (χ3v) is 4.56. The number of carbonyl (C=O) groups excluding carboxylic acids is 1. The van der Waals surface area contributed by atoms with E-state index in [4.69, 9.17) is 0 Å². The maximum absolute atomic E-state index is 13.4. The number of halogens is 2. The van der Waals surface area contributed by atoms with E-state index in [2.05, 4.69) is 30.8 Å². The van der Waals surface area contributed by atoms with E-state index < -0.39 is 18.5 Å². The minimum Gasteiger partial charge on any atom is -0.325 e. The first-order chi connectivity index (χ1) is 14.5. The average molecular weight is 408 g/mol. The number of anilines is 1. The van der Waals surface area contributed by atoms with Crippen molar-refractivity contribution in [1.29, 1.82) is 0 Å². The third kappa shape index (κ3) is 4.09. The molecule has 7 nitrogen and oxygen atoms in total. The van der Waals surface area contributed by atoms with Gasteiger partial charge in [0.2, 0.25) is 0 Å². The average Bonchev–Trinajstić information content (AvgIpc) is 3.16. The van der Waals surface area contributed by atoms with Gasteiger partial charge in [0, 0.05) is 35.1 Å². The molecule has 1 aromatic carbocycles. The monoisotopic (exact) mass is 408 g/mol. The van der Waals surface area contributed by atoms with Crippen molar-refractivity contribution in [2.45, 2.75) is 19.4 Å². The normalized spacial score (nSPS) is 12.1. The number of H-pyrrole nitrogens is 1. The highest BCUT2D eigenvalue weighted by molar-refractivity contribution is 5.95. The van der Waals surface area contributed by atoms with Crippen molar-refractivity contribution in [3.8, 4) is 11.3 Å². The van der Waals surface area contributed by atoms with E-state index >= 15 is 0 Å². The molecule has 4 aromatic rings. The first kappa shape index (κ1) is 19.4. The predicted molar refractivity (Wildman–Crippen MR) is 109 cm³/mol. The van der Waals surface area contributed by atoms with Crippen LogP contribution in [0.4, 0.5) is 19.4 Å². The molecular weight excluding hydrogens is 390 g/mol. The van der Waals surface area contributed by atoms with E-state index in [0.717, 1.165) is 16.6 Å². The zero-order valence-corrected chi connectivity index (χ0v) is 15.9. The van der Waals surface area contributed by atoms with Gasteiger partial charge in [-0.3, -0.25) is 15.4 Å². The van der Waals surface area contributed by atoms with Crippen LogP contribution in [-0.4, -0.2) is 32.6 Å². The first-order valence-electron chi connectivity index (χ1n) is 9.19. The number of amides is 2. The van der Waals surface area contributed by atoms with E-state index in [1.807, 2.05) is 19.1 Å². The van der Waals surface area contributed by atoms with Crippen molar-refractivity contribution in [2.75, 3.05) is 5.32 Å². The fourth-order valence-electron chi connectivity index (χ4n) is 3.14. The van der Waals surface area contributed by atoms with Gasteiger partial charge in [0.15, 0.2) is 0 Å². The Kier molecular flexibility index (Phi) is 5.34. The molecule has 1 unspecified atom stereocenters. The fourth-order valence-corrected chi connectivity index (χ4v) is 3.14. The van der Waals surface area contributed by atoms with Crippen LogP contribution in [0.2, 0.25) is 0 Å². The van der Waals surface area contributed by atoms with Crippen LogP contribution in [0.1, 0.15) is 17.3 Å². The summed E-state index contributed by atoms with van der Waals surface area (Å²) in [6.07, 6.45) is 0.513. The molecule has 0 fully saturated rings. The molecule has 0 saturated carbocycles.